The van der Waals surface area contributed by atoms with Gasteiger partial charge < -0.3 is 15.0 Å². The van der Waals surface area contributed by atoms with Crippen LogP contribution in [-0.4, -0.2) is 28.6 Å². The van der Waals surface area contributed by atoms with Crippen LogP contribution < -0.4 is 15.0 Å². The van der Waals surface area contributed by atoms with Crippen molar-refractivity contribution in [1.29, 1.82) is 0 Å². The highest BCUT2D eigenvalue weighted by atomic mass is 79.9. The lowest BCUT2D eigenvalue weighted by atomic mass is 9.92. The number of amides is 1. The molecule has 2 aliphatic heterocycles. The molecule has 3 aromatic carbocycles. The minimum Gasteiger partial charge on any atom is -0.496 e. The van der Waals surface area contributed by atoms with Crippen LogP contribution >= 0.6 is 15.9 Å². The summed E-state index contributed by atoms with van der Waals surface area (Å²) in [4.78, 5) is 20.2. The average Bonchev–Trinajstić information content (AvgIpc) is 3.19. The smallest absolute Gasteiger partial charge is 0.291 e. The standard InChI is InChI=1S/C26H20BrN5O2/c1-15-22-23(18-14-16(27)12-13-21(18)34-2)31-20-11-7-6-10-19(20)28-26(33)25(31)29-24(22)32(30-15)17-8-4-3-5-9-17/h3-14,23H,1-2H3,(H,28,33)/t23-/m1/s1. The van der Waals surface area contributed by atoms with Crippen LogP contribution in [0.3, 0.4) is 0 Å². The van der Waals surface area contributed by atoms with E-state index in [2.05, 4.69) is 21.2 Å². The number of benzene rings is 3. The molecular formula is C26H20BrN5O2. The van der Waals surface area contributed by atoms with E-state index in [-0.39, 0.29) is 11.9 Å². The van der Waals surface area contributed by atoms with Crippen molar-refractivity contribution in [3.8, 4) is 11.4 Å². The maximum Gasteiger partial charge on any atom is 0.291 e. The molecule has 0 saturated carbocycles. The summed E-state index contributed by atoms with van der Waals surface area (Å²) in [5.41, 5.74) is 5.14. The van der Waals surface area contributed by atoms with Gasteiger partial charge in [0.05, 0.1) is 35.9 Å². The van der Waals surface area contributed by atoms with Gasteiger partial charge in [0.15, 0.2) is 5.82 Å². The van der Waals surface area contributed by atoms with Crippen molar-refractivity contribution in [3.63, 3.8) is 0 Å². The van der Waals surface area contributed by atoms with Crippen LogP contribution in [0.1, 0.15) is 22.9 Å². The summed E-state index contributed by atoms with van der Waals surface area (Å²) >= 11 is 3.62. The minimum atomic E-state index is -0.375. The Balaban J connectivity index is 1.69. The number of methoxy groups -OCH3 is 1. The van der Waals surface area contributed by atoms with Crippen molar-refractivity contribution in [3.05, 3.63) is 94.1 Å². The molecule has 0 fully saturated rings. The largest absolute Gasteiger partial charge is 0.496 e. The van der Waals surface area contributed by atoms with Gasteiger partial charge in [0.1, 0.15) is 5.75 Å². The molecule has 1 aromatic heterocycles. The number of nitrogens with zero attached hydrogens (tertiary/aromatic N) is 4. The Labute approximate surface area is 204 Å². The molecule has 2 aliphatic rings. The Morgan fingerprint density at radius 2 is 1.79 bits per heavy atom. The molecule has 0 bridgehead atoms. The number of anilines is 2. The molecule has 8 heteroatoms. The number of rotatable bonds is 3. The first-order chi connectivity index (χ1) is 16.6. The number of aromatic nitrogens is 2. The zero-order valence-electron chi connectivity index (χ0n) is 18.5. The van der Waals surface area contributed by atoms with E-state index < -0.39 is 0 Å². The number of carbonyl (C=O) groups excluding carboxylic acids is 1. The van der Waals surface area contributed by atoms with Gasteiger partial charge in [-0.05, 0) is 49.4 Å². The molecule has 1 N–H and O–H groups in total. The van der Waals surface area contributed by atoms with Crippen LogP contribution in [-0.2, 0) is 4.79 Å². The fourth-order valence-corrected chi connectivity index (χ4v) is 5.08. The fourth-order valence-electron chi connectivity index (χ4n) is 4.70. The number of aliphatic imine (C=N–C) groups is 1. The molecule has 0 radical (unpaired) electrons. The lowest BCUT2D eigenvalue weighted by molar-refractivity contribution is -0.110. The van der Waals surface area contributed by atoms with E-state index in [1.165, 1.54) is 0 Å². The van der Waals surface area contributed by atoms with Gasteiger partial charge in [-0.15, -0.1) is 0 Å². The van der Waals surface area contributed by atoms with Crippen molar-refractivity contribution in [1.82, 2.24) is 9.78 Å². The van der Waals surface area contributed by atoms with Crippen molar-refractivity contribution in [2.45, 2.75) is 13.0 Å². The first kappa shape index (κ1) is 20.7. The number of hydrogen-bond acceptors (Lipinski definition) is 5. The predicted molar refractivity (Wildman–Crippen MR) is 135 cm³/mol. The van der Waals surface area contributed by atoms with E-state index in [1.807, 2.05) is 84.6 Å². The van der Waals surface area contributed by atoms with E-state index in [1.54, 1.807) is 11.8 Å². The van der Waals surface area contributed by atoms with Gasteiger partial charge in [-0.1, -0.05) is 46.3 Å². The molecule has 0 saturated heterocycles. The molecule has 1 amide bonds. The number of carbonyl (C=O) groups is 1. The van der Waals surface area contributed by atoms with E-state index in [0.29, 0.717) is 11.7 Å². The lowest BCUT2D eigenvalue weighted by Gasteiger charge is -2.40. The molecule has 1 atom stereocenters. The number of halogens is 1. The van der Waals surface area contributed by atoms with Crippen molar-refractivity contribution < 1.29 is 9.53 Å². The summed E-state index contributed by atoms with van der Waals surface area (Å²) in [6.45, 7) is 1.98. The van der Waals surface area contributed by atoms with Crippen LogP contribution in [0.25, 0.3) is 5.69 Å². The molecule has 7 nitrogen and oxygen atoms in total. The van der Waals surface area contributed by atoms with Crippen LogP contribution in [0, 0.1) is 6.92 Å². The predicted octanol–water partition coefficient (Wildman–Crippen LogP) is 5.54. The zero-order chi connectivity index (χ0) is 23.4. The minimum absolute atomic E-state index is 0.262. The number of amidine groups is 1. The summed E-state index contributed by atoms with van der Waals surface area (Å²) in [5, 5.41) is 7.84. The molecule has 0 spiro atoms. The van der Waals surface area contributed by atoms with Crippen LogP contribution in [0.5, 0.6) is 5.75 Å². The maximum absolute atomic E-state index is 13.3. The molecule has 3 heterocycles. The second kappa shape index (κ2) is 7.85. The molecule has 4 aromatic rings. The third kappa shape index (κ3) is 3.06. The Morgan fingerprint density at radius 1 is 1.03 bits per heavy atom. The summed E-state index contributed by atoms with van der Waals surface area (Å²) in [6, 6.07) is 23.1. The normalized spacial score (nSPS) is 16.2. The number of para-hydroxylation sites is 3. The van der Waals surface area contributed by atoms with E-state index >= 15 is 0 Å². The molecule has 0 unspecified atom stereocenters. The molecule has 0 aliphatic carbocycles. The third-order valence-electron chi connectivity index (χ3n) is 6.15. The number of fused-ring (bicyclic) bond motifs is 4. The quantitative estimate of drug-likeness (QED) is 0.390. The van der Waals surface area contributed by atoms with E-state index in [0.717, 1.165) is 44.1 Å². The van der Waals surface area contributed by atoms with Crippen molar-refractivity contribution in [2.75, 3.05) is 17.3 Å². The second-order valence-electron chi connectivity index (χ2n) is 8.14. The van der Waals surface area contributed by atoms with Gasteiger partial charge in [0.2, 0.25) is 5.84 Å². The molecular weight excluding hydrogens is 494 g/mol. The first-order valence-electron chi connectivity index (χ1n) is 10.8. The van der Waals surface area contributed by atoms with E-state index in [9.17, 15) is 4.79 Å². The molecule has 34 heavy (non-hydrogen) atoms. The summed E-state index contributed by atoms with van der Waals surface area (Å²) < 4.78 is 8.50. The van der Waals surface area contributed by atoms with Gasteiger partial charge in [-0.2, -0.15) is 5.10 Å². The Kier molecular flexibility index (Phi) is 4.77. The lowest BCUT2D eigenvalue weighted by Crippen LogP contribution is -2.48. The van der Waals surface area contributed by atoms with Gasteiger partial charge in [0, 0.05) is 15.6 Å². The van der Waals surface area contributed by atoms with Gasteiger partial charge >= 0.3 is 0 Å². The second-order valence-corrected chi connectivity index (χ2v) is 9.05. The molecule has 168 valence electrons. The van der Waals surface area contributed by atoms with Crippen molar-refractivity contribution in [2.24, 2.45) is 4.99 Å². The SMILES string of the molecule is COc1ccc(Br)cc1[C@@H]1c2c(C)nn(-c3ccccc3)c2N=C2C(=O)Nc3ccccc3N21. The fraction of sp³-hybridized carbons (Fsp3) is 0.115. The number of ether oxygens (including phenoxy) is 1. The van der Waals surface area contributed by atoms with Gasteiger partial charge in [-0.3, -0.25) is 4.79 Å². The molecule has 6 rings (SSSR count). The topological polar surface area (TPSA) is 71.7 Å². The Bertz CT molecular complexity index is 1480. The summed E-state index contributed by atoms with van der Waals surface area (Å²) in [5.74, 6) is 1.41. The summed E-state index contributed by atoms with van der Waals surface area (Å²) in [6.07, 6.45) is 0. The summed E-state index contributed by atoms with van der Waals surface area (Å²) in [7, 11) is 1.66. The maximum atomic E-state index is 13.3. The van der Waals surface area contributed by atoms with Crippen molar-refractivity contribution >= 4 is 44.9 Å². The number of hydrogen-bond donors (Lipinski definition) is 1. The zero-order valence-corrected chi connectivity index (χ0v) is 20.1. The van der Waals surface area contributed by atoms with Crippen LogP contribution in [0.2, 0.25) is 0 Å². The highest BCUT2D eigenvalue weighted by Crippen LogP contribution is 2.49. The monoisotopic (exact) mass is 513 g/mol. The highest BCUT2D eigenvalue weighted by molar-refractivity contribution is 9.10. The van der Waals surface area contributed by atoms with Gasteiger partial charge in [0.25, 0.3) is 5.91 Å². The number of aryl methyl sites for hydroxylation is 1. The van der Waals surface area contributed by atoms with E-state index in [4.69, 9.17) is 14.8 Å². The third-order valence-corrected chi connectivity index (χ3v) is 6.65. The van der Waals surface area contributed by atoms with Crippen LogP contribution in [0.15, 0.2) is 82.3 Å². The van der Waals surface area contributed by atoms with Gasteiger partial charge in [-0.25, -0.2) is 9.67 Å². The first-order valence-corrected chi connectivity index (χ1v) is 11.6. The Hall–Kier alpha value is -3.91. The Morgan fingerprint density at radius 3 is 2.59 bits per heavy atom. The van der Waals surface area contributed by atoms with Crippen LogP contribution in [0.4, 0.5) is 17.2 Å². The average molecular weight is 514 g/mol. The number of nitrogens with one attached hydrogen (secondary N) is 1. The highest BCUT2D eigenvalue weighted by Gasteiger charge is 2.43.